The number of aromatic nitrogens is 1. The Morgan fingerprint density at radius 2 is 1.82 bits per heavy atom. The number of aliphatic hydroxyl groups is 1. The molecule has 0 amide bonds. The summed E-state index contributed by atoms with van der Waals surface area (Å²) < 4.78 is 12.0. The summed E-state index contributed by atoms with van der Waals surface area (Å²) in [5.74, 6) is 1.32. The van der Waals surface area contributed by atoms with Gasteiger partial charge in [0.25, 0.3) is 0 Å². The molecule has 0 radical (unpaired) electrons. The molecular formula is C27H34ClN2O3+. The predicted molar refractivity (Wildman–Crippen MR) is 129 cm³/mol. The zero-order chi connectivity index (χ0) is 23.1. The van der Waals surface area contributed by atoms with Gasteiger partial charge in [-0.2, -0.15) is 0 Å². The molecule has 2 N–H and O–H groups in total. The number of hydrogen-bond acceptors (Lipinski definition) is 4. The van der Waals surface area contributed by atoms with Crippen molar-refractivity contribution >= 4 is 11.6 Å². The number of halogens is 1. The number of likely N-dealkylation sites (N-methyl/N-ethyl adjacent to an activating group) is 1. The number of quaternary nitrogens is 1. The summed E-state index contributed by atoms with van der Waals surface area (Å²) in [4.78, 5) is 5.82. The standard InChI is InChI=1S/C27H33ClN2O3/c1-30(16-17-32-20-21-12-14-24(28)15-13-21)19-25-18-29-26(33-25)27(31,22-8-4-2-5-9-22)23-10-6-3-7-11-23/h2,4-5,8-9,12-15,18,23,31H,3,6-7,10-11,16-17,19-20H2,1H3/p+1/t27-/m0/s1. The quantitative estimate of drug-likeness (QED) is 0.433. The third kappa shape index (κ3) is 6.04. The lowest BCUT2D eigenvalue weighted by Crippen LogP contribution is -3.08. The molecule has 5 nitrogen and oxygen atoms in total. The molecule has 176 valence electrons. The Labute approximate surface area is 201 Å². The number of rotatable bonds is 10. The first-order chi connectivity index (χ1) is 16.1. The Morgan fingerprint density at radius 3 is 2.55 bits per heavy atom. The van der Waals surface area contributed by atoms with Gasteiger partial charge in [-0.05, 0) is 36.1 Å². The lowest BCUT2D eigenvalue weighted by Gasteiger charge is -2.36. The van der Waals surface area contributed by atoms with E-state index in [0.29, 0.717) is 25.6 Å². The van der Waals surface area contributed by atoms with Crippen LogP contribution in [0.1, 0.15) is 54.9 Å². The van der Waals surface area contributed by atoms with Gasteiger partial charge < -0.3 is 19.2 Å². The Balaban J connectivity index is 1.36. The highest BCUT2D eigenvalue weighted by atomic mass is 35.5. The van der Waals surface area contributed by atoms with Crippen LogP contribution in [0.5, 0.6) is 0 Å². The summed E-state index contributed by atoms with van der Waals surface area (Å²) in [6.07, 6.45) is 7.24. The van der Waals surface area contributed by atoms with Gasteiger partial charge in [0.1, 0.15) is 13.1 Å². The minimum absolute atomic E-state index is 0.117. The van der Waals surface area contributed by atoms with E-state index in [1.807, 2.05) is 54.6 Å². The number of nitrogens with zero attached hydrogens (tertiary/aromatic N) is 1. The summed E-state index contributed by atoms with van der Waals surface area (Å²) in [6.45, 7) is 2.75. The van der Waals surface area contributed by atoms with Crippen molar-refractivity contribution in [3.05, 3.63) is 88.6 Å². The fraction of sp³-hybridized carbons (Fsp3) is 0.444. The molecule has 3 aromatic rings. The van der Waals surface area contributed by atoms with Crippen LogP contribution in [-0.2, 0) is 23.5 Å². The Morgan fingerprint density at radius 1 is 1.09 bits per heavy atom. The van der Waals surface area contributed by atoms with E-state index in [0.717, 1.165) is 54.1 Å². The van der Waals surface area contributed by atoms with Crippen LogP contribution < -0.4 is 4.90 Å². The molecule has 1 heterocycles. The molecule has 1 saturated carbocycles. The lowest BCUT2D eigenvalue weighted by molar-refractivity contribution is -0.895. The number of ether oxygens (including phenoxy) is 1. The van der Waals surface area contributed by atoms with E-state index in [4.69, 9.17) is 20.8 Å². The highest BCUT2D eigenvalue weighted by Crippen LogP contribution is 2.43. The Kier molecular flexibility index (Phi) is 8.20. The Bertz CT molecular complexity index is 986. The van der Waals surface area contributed by atoms with Gasteiger partial charge in [0.2, 0.25) is 5.89 Å². The molecule has 1 unspecified atom stereocenters. The van der Waals surface area contributed by atoms with Crippen molar-refractivity contribution in [2.24, 2.45) is 5.92 Å². The molecule has 2 aromatic carbocycles. The lowest BCUT2D eigenvalue weighted by atomic mass is 9.73. The third-order valence-electron chi connectivity index (χ3n) is 6.62. The maximum absolute atomic E-state index is 11.9. The zero-order valence-corrected chi connectivity index (χ0v) is 20.1. The predicted octanol–water partition coefficient (Wildman–Crippen LogP) is 4.38. The SMILES string of the molecule is C[NH+](CCOCc1ccc(Cl)cc1)Cc1cnc([C@](O)(c2ccccc2)C2CCCCC2)o1. The molecule has 0 aliphatic heterocycles. The largest absolute Gasteiger partial charge is 0.436 e. The third-order valence-corrected chi connectivity index (χ3v) is 6.87. The minimum Gasteiger partial charge on any atom is -0.436 e. The first-order valence-corrected chi connectivity index (χ1v) is 12.3. The van der Waals surface area contributed by atoms with E-state index in [1.54, 1.807) is 6.20 Å². The van der Waals surface area contributed by atoms with Crippen molar-refractivity contribution in [2.45, 2.75) is 50.9 Å². The normalized spacial score (nSPS) is 17.5. The average molecular weight is 470 g/mol. The van der Waals surface area contributed by atoms with Crippen molar-refractivity contribution in [3.8, 4) is 0 Å². The van der Waals surface area contributed by atoms with Crippen molar-refractivity contribution in [1.29, 1.82) is 0 Å². The van der Waals surface area contributed by atoms with Crippen LogP contribution in [0.25, 0.3) is 0 Å². The average Bonchev–Trinajstić information content (AvgIpc) is 3.32. The van der Waals surface area contributed by atoms with E-state index in [9.17, 15) is 5.11 Å². The highest BCUT2D eigenvalue weighted by molar-refractivity contribution is 6.30. The smallest absolute Gasteiger partial charge is 0.231 e. The number of benzene rings is 2. The zero-order valence-electron chi connectivity index (χ0n) is 19.3. The van der Waals surface area contributed by atoms with Gasteiger partial charge in [0, 0.05) is 10.9 Å². The molecule has 1 fully saturated rings. The molecule has 1 aromatic heterocycles. The van der Waals surface area contributed by atoms with Crippen LogP contribution in [0.4, 0.5) is 0 Å². The molecular weight excluding hydrogens is 436 g/mol. The highest BCUT2D eigenvalue weighted by Gasteiger charge is 2.44. The van der Waals surface area contributed by atoms with Gasteiger partial charge in [-0.15, -0.1) is 0 Å². The first-order valence-electron chi connectivity index (χ1n) is 11.9. The van der Waals surface area contributed by atoms with Crippen molar-refractivity contribution in [3.63, 3.8) is 0 Å². The molecule has 0 bridgehead atoms. The van der Waals surface area contributed by atoms with Gasteiger partial charge in [-0.1, -0.05) is 73.3 Å². The second-order valence-electron chi connectivity index (χ2n) is 9.16. The van der Waals surface area contributed by atoms with E-state index in [2.05, 4.69) is 12.0 Å². The van der Waals surface area contributed by atoms with Gasteiger partial charge in [0.05, 0.1) is 26.5 Å². The molecule has 6 heteroatoms. The summed E-state index contributed by atoms with van der Waals surface area (Å²) in [5, 5.41) is 12.7. The second-order valence-corrected chi connectivity index (χ2v) is 9.60. The topological polar surface area (TPSA) is 59.9 Å². The second kappa shape index (κ2) is 11.3. The van der Waals surface area contributed by atoms with E-state index >= 15 is 0 Å². The summed E-state index contributed by atoms with van der Waals surface area (Å²) in [6, 6.07) is 17.6. The number of oxazole rings is 1. The van der Waals surface area contributed by atoms with Crippen LogP contribution >= 0.6 is 11.6 Å². The van der Waals surface area contributed by atoms with E-state index in [-0.39, 0.29) is 5.92 Å². The molecule has 2 atom stereocenters. The molecule has 33 heavy (non-hydrogen) atoms. The maximum atomic E-state index is 11.9. The maximum Gasteiger partial charge on any atom is 0.231 e. The van der Waals surface area contributed by atoms with Crippen LogP contribution in [0.3, 0.4) is 0 Å². The van der Waals surface area contributed by atoms with Crippen LogP contribution in [0.15, 0.2) is 65.2 Å². The van der Waals surface area contributed by atoms with E-state index < -0.39 is 5.60 Å². The summed E-state index contributed by atoms with van der Waals surface area (Å²) >= 11 is 5.93. The van der Waals surface area contributed by atoms with Gasteiger partial charge >= 0.3 is 0 Å². The summed E-state index contributed by atoms with van der Waals surface area (Å²) in [5.41, 5.74) is 0.789. The van der Waals surface area contributed by atoms with Gasteiger partial charge in [0.15, 0.2) is 11.4 Å². The molecule has 4 rings (SSSR count). The van der Waals surface area contributed by atoms with Crippen LogP contribution in [-0.4, -0.2) is 30.3 Å². The van der Waals surface area contributed by atoms with Crippen LogP contribution in [0, 0.1) is 5.92 Å². The van der Waals surface area contributed by atoms with Crippen LogP contribution in [0.2, 0.25) is 5.02 Å². The minimum atomic E-state index is -1.18. The van der Waals surface area contributed by atoms with Crippen molar-refractivity contribution < 1.29 is 19.2 Å². The number of hydrogen-bond donors (Lipinski definition) is 2. The van der Waals surface area contributed by atoms with Gasteiger partial charge in [-0.3, -0.25) is 0 Å². The van der Waals surface area contributed by atoms with E-state index in [1.165, 1.54) is 11.3 Å². The molecule has 1 aliphatic rings. The van der Waals surface area contributed by atoms with Gasteiger partial charge in [-0.25, -0.2) is 4.98 Å². The monoisotopic (exact) mass is 469 g/mol. The summed E-state index contributed by atoms with van der Waals surface area (Å²) in [7, 11) is 2.11. The fourth-order valence-corrected chi connectivity index (χ4v) is 4.84. The fourth-order valence-electron chi connectivity index (χ4n) is 4.71. The molecule has 0 saturated heterocycles. The first kappa shape index (κ1) is 24.0. The molecule has 0 spiro atoms. The van der Waals surface area contributed by atoms with Crippen molar-refractivity contribution in [1.82, 2.24) is 4.98 Å². The Hall–Kier alpha value is -2.18. The van der Waals surface area contributed by atoms with Crippen molar-refractivity contribution in [2.75, 3.05) is 20.2 Å². The number of nitrogens with one attached hydrogen (secondary N) is 1. The molecule has 1 aliphatic carbocycles.